The minimum Gasteiger partial charge on any atom is -0.491 e. The van der Waals surface area contributed by atoms with Crippen molar-refractivity contribution in [2.75, 3.05) is 13.2 Å². The van der Waals surface area contributed by atoms with E-state index in [4.69, 9.17) is 9.15 Å². The second-order valence-corrected chi connectivity index (χ2v) is 4.14. The average molecular weight is 279 g/mol. The van der Waals surface area contributed by atoms with Crippen LogP contribution in [0.4, 0.5) is 4.39 Å². The molecule has 0 radical (unpaired) electrons. The van der Waals surface area contributed by atoms with Gasteiger partial charge in [0.1, 0.15) is 30.5 Å². The topological polar surface area (TPSA) is 71.7 Å². The third kappa shape index (κ3) is 4.10. The van der Waals surface area contributed by atoms with Gasteiger partial charge in [-0.2, -0.15) is 0 Å². The Hall–Kier alpha value is -2.34. The monoisotopic (exact) mass is 279 g/mol. The Morgan fingerprint density at radius 1 is 1.45 bits per heavy atom. The number of halogens is 1. The van der Waals surface area contributed by atoms with Crippen molar-refractivity contribution in [1.82, 2.24) is 5.32 Å². The molecule has 2 rings (SSSR count). The van der Waals surface area contributed by atoms with E-state index in [1.165, 1.54) is 36.8 Å². The number of aliphatic hydroxyl groups is 1. The molecular formula is C14H14FNO4. The molecule has 1 atom stereocenters. The van der Waals surface area contributed by atoms with Crippen LogP contribution in [-0.4, -0.2) is 30.3 Å². The number of nitrogens with one attached hydrogen (secondary N) is 1. The van der Waals surface area contributed by atoms with Crippen LogP contribution in [0.1, 0.15) is 10.4 Å². The highest BCUT2D eigenvalue weighted by atomic mass is 19.1. The minimum atomic E-state index is -0.894. The molecule has 5 nitrogen and oxygen atoms in total. The summed E-state index contributed by atoms with van der Waals surface area (Å²) >= 11 is 0. The lowest BCUT2D eigenvalue weighted by molar-refractivity contribution is 0.0843. The fourth-order valence-electron chi connectivity index (χ4n) is 1.51. The highest BCUT2D eigenvalue weighted by Gasteiger charge is 2.10. The first-order valence-electron chi connectivity index (χ1n) is 6.02. The molecule has 106 valence electrons. The smallest absolute Gasteiger partial charge is 0.254 e. The van der Waals surface area contributed by atoms with E-state index in [1.54, 1.807) is 6.07 Å². The van der Waals surface area contributed by atoms with Crippen LogP contribution in [0.15, 0.2) is 47.3 Å². The zero-order chi connectivity index (χ0) is 14.4. The van der Waals surface area contributed by atoms with Gasteiger partial charge in [-0.25, -0.2) is 4.39 Å². The van der Waals surface area contributed by atoms with E-state index in [-0.39, 0.29) is 19.1 Å². The van der Waals surface area contributed by atoms with Gasteiger partial charge in [-0.3, -0.25) is 4.79 Å². The molecule has 0 aliphatic rings. The number of carbonyl (C=O) groups is 1. The van der Waals surface area contributed by atoms with Crippen LogP contribution >= 0.6 is 0 Å². The number of benzene rings is 1. The zero-order valence-corrected chi connectivity index (χ0v) is 10.6. The first-order chi connectivity index (χ1) is 9.65. The van der Waals surface area contributed by atoms with Crippen molar-refractivity contribution in [3.8, 4) is 5.75 Å². The Morgan fingerprint density at radius 3 is 3.00 bits per heavy atom. The Kier molecular flexibility index (Phi) is 4.73. The maximum Gasteiger partial charge on any atom is 0.254 e. The highest BCUT2D eigenvalue weighted by molar-refractivity contribution is 5.93. The summed E-state index contributed by atoms with van der Waals surface area (Å²) in [6.07, 6.45) is 1.80. The first-order valence-corrected chi connectivity index (χ1v) is 6.02. The van der Waals surface area contributed by atoms with Crippen molar-refractivity contribution in [2.24, 2.45) is 0 Å². The first kappa shape index (κ1) is 14.1. The van der Waals surface area contributed by atoms with Gasteiger partial charge in [0.25, 0.3) is 5.91 Å². The number of hydrogen-bond acceptors (Lipinski definition) is 4. The second kappa shape index (κ2) is 6.72. The fourth-order valence-corrected chi connectivity index (χ4v) is 1.51. The van der Waals surface area contributed by atoms with Crippen LogP contribution in [0.25, 0.3) is 0 Å². The van der Waals surface area contributed by atoms with Crippen LogP contribution in [0.3, 0.4) is 0 Å². The van der Waals surface area contributed by atoms with Gasteiger partial charge in [0.2, 0.25) is 0 Å². The fraction of sp³-hybridized carbons (Fsp3) is 0.214. The van der Waals surface area contributed by atoms with E-state index in [2.05, 4.69) is 5.32 Å². The average Bonchev–Trinajstić information content (AvgIpc) is 2.97. The summed E-state index contributed by atoms with van der Waals surface area (Å²) in [5.41, 5.74) is 0.378. The van der Waals surface area contributed by atoms with E-state index in [9.17, 15) is 14.3 Å². The molecule has 20 heavy (non-hydrogen) atoms. The summed E-state index contributed by atoms with van der Waals surface area (Å²) in [5.74, 6) is -0.431. The van der Waals surface area contributed by atoms with Crippen molar-refractivity contribution in [1.29, 1.82) is 0 Å². The number of amides is 1. The molecule has 0 saturated heterocycles. The lowest BCUT2D eigenvalue weighted by Gasteiger charge is -2.13. The Balaban J connectivity index is 1.73. The Morgan fingerprint density at radius 2 is 2.30 bits per heavy atom. The van der Waals surface area contributed by atoms with E-state index in [0.717, 1.165) is 0 Å². The largest absolute Gasteiger partial charge is 0.491 e. The van der Waals surface area contributed by atoms with E-state index < -0.39 is 11.9 Å². The lowest BCUT2D eigenvalue weighted by Crippen LogP contribution is -2.35. The van der Waals surface area contributed by atoms with Crippen LogP contribution in [-0.2, 0) is 0 Å². The normalized spacial score (nSPS) is 11.9. The van der Waals surface area contributed by atoms with Gasteiger partial charge < -0.3 is 19.6 Å². The van der Waals surface area contributed by atoms with Gasteiger partial charge in [0.05, 0.1) is 11.8 Å². The summed E-state index contributed by atoms with van der Waals surface area (Å²) in [6, 6.07) is 7.13. The summed E-state index contributed by atoms with van der Waals surface area (Å²) in [7, 11) is 0. The molecule has 1 aromatic heterocycles. The van der Waals surface area contributed by atoms with Gasteiger partial charge in [-0.05, 0) is 18.2 Å². The van der Waals surface area contributed by atoms with Crippen LogP contribution in [0, 0.1) is 5.82 Å². The lowest BCUT2D eigenvalue weighted by atomic mass is 10.3. The third-order valence-corrected chi connectivity index (χ3v) is 2.52. The number of hydrogen-bond donors (Lipinski definition) is 2. The highest BCUT2D eigenvalue weighted by Crippen LogP contribution is 2.11. The van der Waals surface area contributed by atoms with E-state index in [0.29, 0.717) is 11.3 Å². The standard InChI is InChI=1S/C14H14FNO4/c15-11-2-1-3-13(6-11)20-9-12(17)7-16-14(18)10-4-5-19-8-10/h1-6,8,12,17H,7,9H2,(H,16,18)/t12-/m1/s1. The molecule has 0 fully saturated rings. The molecule has 1 aromatic carbocycles. The molecular weight excluding hydrogens is 265 g/mol. The number of carbonyl (C=O) groups excluding carboxylic acids is 1. The zero-order valence-electron chi connectivity index (χ0n) is 10.6. The van der Waals surface area contributed by atoms with E-state index in [1.807, 2.05) is 0 Å². The van der Waals surface area contributed by atoms with Crippen molar-refractivity contribution < 1.29 is 23.4 Å². The minimum absolute atomic E-state index is 0.0271. The van der Waals surface area contributed by atoms with Gasteiger partial charge in [0.15, 0.2) is 0 Å². The number of rotatable bonds is 6. The Bertz CT molecular complexity index is 556. The second-order valence-electron chi connectivity index (χ2n) is 4.14. The third-order valence-electron chi connectivity index (χ3n) is 2.52. The molecule has 2 N–H and O–H groups in total. The summed E-state index contributed by atoms with van der Waals surface area (Å²) in [4.78, 5) is 11.6. The predicted octanol–water partition coefficient (Wildman–Crippen LogP) is 1.59. The number of ether oxygens (including phenoxy) is 1. The quantitative estimate of drug-likeness (QED) is 0.842. The summed E-state index contributed by atoms with van der Waals surface area (Å²) in [6.45, 7) is -0.0194. The van der Waals surface area contributed by atoms with Gasteiger partial charge >= 0.3 is 0 Å². The van der Waals surface area contributed by atoms with Crippen LogP contribution < -0.4 is 10.1 Å². The molecule has 0 aliphatic carbocycles. The molecule has 0 bridgehead atoms. The van der Waals surface area contributed by atoms with Crippen LogP contribution in [0.5, 0.6) is 5.75 Å². The molecule has 0 unspecified atom stereocenters. The number of furan rings is 1. The SMILES string of the molecule is O=C(NC[C@@H](O)COc1cccc(F)c1)c1ccoc1. The van der Waals surface area contributed by atoms with E-state index >= 15 is 0 Å². The van der Waals surface area contributed by atoms with Gasteiger partial charge in [0, 0.05) is 12.6 Å². The maximum absolute atomic E-state index is 12.9. The molecule has 0 aliphatic heterocycles. The summed E-state index contributed by atoms with van der Waals surface area (Å²) in [5, 5.41) is 12.2. The van der Waals surface area contributed by atoms with Crippen molar-refractivity contribution >= 4 is 5.91 Å². The summed E-state index contributed by atoms with van der Waals surface area (Å²) < 4.78 is 22.9. The Labute approximate surface area is 115 Å². The molecule has 1 heterocycles. The maximum atomic E-state index is 12.9. The van der Waals surface area contributed by atoms with Crippen molar-refractivity contribution in [3.05, 3.63) is 54.2 Å². The molecule has 0 saturated carbocycles. The molecule has 0 spiro atoms. The van der Waals surface area contributed by atoms with Crippen LogP contribution in [0.2, 0.25) is 0 Å². The van der Waals surface area contributed by atoms with Gasteiger partial charge in [-0.1, -0.05) is 6.07 Å². The number of aliphatic hydroxyl groups excluding tert-OH is 1. The van der Waals surface area contributed by atoms with Crippen molar-refractivity contribution in [3.63, 3.8) is 0 Å². The molecule has 1 amide bonds. The molecule has 2 aromatic rings. The molecule has 6 heteroatoms. The van der Waals surface area contributed by atoms with Gasteiger partial charge in [-0.15, -0.1) is 0 Å². The van der Waals surface area contributed by atoms with Crippen molar-refractivity contribution in [2.45, 2.75) is 6.10 Å². The predicted molar refractivity (Wildman–Crippen MR) is 68.9 cm³/mol.